The normalized spacial score (nSPS) is 11.9. The Morgan fingerprint density at radius 1 is 1.30 bits per heavy atom. The maximum absolute atomic E-state index is 13.4. The van der Waals surface area contributed by atoms with Crippen molar-refractivity contribution in [1.82, 2.24) is 0 Å². The quantitative estimate of drug-likeness (QED) is 0.897. The van der Waals surface area contributed by atoms with E-state index in [1.807, 2.05) is 12.1 Å². The van der Waals surface area contributed by atoms with Crippen molar-refractivity contribution in [3.8, 4) is 0 Å². The third-order valence-electron chi connectivity index (χ3n) is 2.82. The maximum Gasteiger partial charge on any atom is 0.244 e. The number of anilines is 1. The molecule has 20 heavy (non-hydrogen) atoms. The molecule has 0 spiro atoms. The van der Waals surface area contributed by atoms with Crippen LogP contribution in [0.25, 0.3) is 0 Å². The van der Waals surface area contributed by atoms with E-state index in [2.05, 4.69) is 21.2 Å². The summed E-state index contributed by atoms with van der Waals surface area (Å²) in [5.41, 5.74) is 7.44. The Balaban J connectivity index is 2.33. The summed E-state index contributed by atoms with van der Waals surface area (Å²) in [6, 6.07) is 11.1. The molecule has 1 amide bonds. The molecule has 0 aliphatic carbocycles. The molecule has 0 fully saturated rings. The number of benzene rings is 2. The minimum Gasteiger partial charge on any atom is -0.370 e. The first kappa shape index (κ1) is 14.5. The van der Waals surface area contributed by atoms with Gasteiger partial charge >= 0.3 is 0 Å². The first-order valence-electron chi connectivity index (χ1n) is 6.04. The number of nitrogens with two attached hydrogens (primary N) is 1. The zero-order valence-electron chi connectivity index (χ0n) is 10.9. The van der Waals surface area contributed by atoms with Crippen molar-refractivity contribution < 1.29 is 9.18 Å². The number of carbonyl (C=O) groups excluding carboxylic acids is 1. The molecule has 3 nitrogen and oxygen atoms in total. The zero-order chi connectivity index (χ0) is 14.7. The third-order valence-corrected chi connectivity index (χ3v) is 3.31. The highest BCUT2D eigenvalue weighted by molar-refractivity contribution is 9.10. The zero-order valence-corrected chi connectivity index (χ0v) is 12.4. The van der Waals surface area contributed by atoms with Gasteiger partial charge < -0.3 is 11.1 Å². The Labute approximate surface area is 125 Å². The van der Waals surface area contributed by atoms with Crippen molar-refractivity contribution >= 4 is 27.5 Å². The van der Waals surface area contributed by atoms with Crippen LogP contribution in [0.4, 0.5) is 10.1 Å². The second kappa shape index (κ2) is 6.05. The molecular weight excluding hydrogens is 323 g/mol. The van der Waals surface area contributed by atoms with Gasteiger partial charge in [0.1, 0.15) is 11.9 Å². The number of halogens is 2. The van der Waals surface area contributed by atoms with E-state index in [0.717, 1.165) is 10.0 Å². The molecule has 2 rings (SSSR count). The smallest absolute Gasteiger partial charge is 0.244 e. The van der Waals surface area contributed by atoms with E-state index in [1.165, 1.54) is 12.1 Å². The molecule has 0 saturated carbocycles. The van der Waals surface area contributed by atoms with Crippen LogP contribution in [0.1, 0.15) is 17.2 Å². The van der Waals surface area contributed by atoms with Crippen LogP contribution in [0, 0.1) is 12.7 Å². The molecule has 0 heterocycles. The average molecular weight is 337 g/mol. The summed E-state index contributed by atoms with van der Waals surface area (Å²) >= 11 is 3.35. The van der Waals surface area contributed by atoms with Gasteiger partial charge in [-0.15, -0.1) is 0 Å². The van der Waals surface area contributed by atoms with Crippen molar-refractivity contribution in [2.24, 2.45) is 5.73 Å². The summed E-state index contributed by atoms with van der Waals surface area (Å²) in [6.07, 6.45) is 0. The summed E-state index contributed by atoms with van der Waals surface area (Å²) in [5.74, 6) is -0.880. The third kappa shape index (κ3) is 3.57. The molecule has 3 N–H and O–H groups in total. The Kier molecular flexibility index (Phi) is 4.39. The molecule has 0 saturated heterocycles. The van der Waals surface area contributed by atoms with Crippen molar-refractivity contribution in [2.75, 3.05) is 5.32 Å². The van der Waals surface area contributed by atoms with Crippen LogP contribution >= 0.6 is 15.9 Å². The van der Waals surface area contributed by atoms with E-state index in [1.54, 1.807) is 25.1 Å². The summed E-state index contributed by atoms with van der Waals surface area (Å²) < 4.78 is 14.2. The van der Waals surface area contributed by atoms with Crippen LogP contribution in [-0.2, 0) is 4.79 Å². The molecule has 0 radical (unpaired) electrons. The maximum atomic E-state index is 13.4. The number of hydrogen-bond donors (Lipinski definition) is 2. The van der Waals surface area contributed by atoms with Crippen LogP contribution in [0.15, 0.2) is 46.9 Å². The van der Waals surface area contributed by atoms with E-state index >= 15 is 0 Å². The minimum atomic E-state index is -0.714. The monoisotopic (exact) mass is 336 g/mol. The van der Waals surface area contributed by atoms with Crippen LogP contribution in [0.3, 0.4) is 0 Å². The second-order valence-corrected chi connectivity index (χ2v) is 5.47. The highest BCUT2D eigenvalue weighted by atomic mass is 79.9. The first-order chi connectivity index (χ1) is 9.45. The summed E-state index contributed by atoms with van der Waals surface area (Å²) in [7, 11) is 0. The molecule has 1 atom stereocenters. The highest BCUT2D eigenvalue weighted by Gasteiger charge is 2.18. The Morgan fingerprint density at radius 3 is 2.65 bits per heavy atom. The fraction of sp³-hybridized carbons (Fsp3) is 0.133. The standard InChI is InChI=1S/C15H14BrFN2O/c1-9-5-12(17)8-13(6-9)19-14(15(18)20)10-3-2-4-11(16)7-10/h2-8,14,19H,1H3,(H2,18,20). The van der Waals surface area contributed by atoms with E-state index in [0.29, 0.717) is 11.3 Å². The SMILES string of the molecule is Cc1cc(F)cc(NC(C(N)=O)c2cccc(Br)c2)c1. The van der Waals surface area contributed by atoms with Crippen LogP contribution in [0.5, 0.6) is 0 Å². The van der Waals surface area contributed by atoms with Crippen LogP contribution in [0.2, 0.25) is 0 Å². The van der Waals surface area contributed by atoms with E-state index in [9.17, 15) is 9.18 Å². The van der Waals surface area contributed by atoms with Gasteiger partial charge in [0, 0.05) is 10.2 Å². The largest absolute Gasteiger partial charge is 0.370 e. The molecular formula is C15H14BrFN2O. The van der Waals surface area contributed by atoms with Gasteiger partial charge in [-0.25, -0.2) is 4.39 Å². The van der Waals surface area contributed by atoms with Crippen molar-refractivity contribution in [1.29, 1.82) is 0 Å². The lowest BCUT2D eigenvalue weighted by molar-refractivity contribution is -0.118. The van der Waals surface area contributed by atoms with E-state index < -0.39 is 11.9 Å². The second-order valence-electron chi connectivity index (χ2n) is 4.55. The Hall–Kier alpha value is -1.88. The molecule has 2 aromatic carbocycles. The minimum absolute atomic E-state index is 0.357. The summed E-state index contributed by atoms with van der Waals surface area (Å²) in [4.78, 5) is 11.6. The summed E-state index contributed by atoms with van der Waals surface area (Å²) in [6.45, 7) is 1.78. The number of aryl methyl sites for hydroxylation is 1. The lowest BCUT2D eigenvalue weighted by Gasteiger charge is -2.18. The molecule has 1 unspecified atom stereocenters. The van der Waals surface area contributed by atoms with Gasteiger partial charge in [-0.2, -0.15) is 0 Å². The van der Waals surface area contributed by atoms with E-state index in [-0.39, 0.29) is 5.82 Å². The van der Waals surface area contributed by atoms with Gasteiger partial charge in [0.15, 0.2) is 0 Å². The fourth-order valence-corrected chi connectivity index (χ4v) is 2.41. The Morgan fingerprint density at radius 2 is 2.05 bits per heavy atom. The summed E-state index contributed by atoms with van der Waals surface area (Å²) in [5, 5.41) is 2.97. The van der Waals surface area contributed by atoms with Crippen molar-refractivity contribution in [3.05, 3.63) is 63.9 Å². The number of primary amides is 1. The molecule has 0 aliphatic heterocycles. The molecule has 2 aromatic rings. The molecule has 5 heteroatoms. The Bertz CT molecular complexity index is 625. The topological polar surface area (TPSA) is 55.1 Å². The molecule has 0 aliphatic rings. The van der Waals surface area contributed by atoms with Crippen LogP contribution < -0.4 is 11.1 Å². The number of hydrogen-bond acceptors (Lipinski definition) is 2. The number of nitrogens with one attached hydrogen (secondary N) is 1. The predicted octanol–water partition coefficient (Wildman–Crippen LogP) is 3.54. The van der Waals surface area contributed by atoms with Gasteiger partial charge in [-0.1, -0.05) is 28.1 Å². The van der Waals surface area contributed by atoms with Crippen LogP contribution in [-0.4, -0.2) is 5.91 Å². The fourth-order valence-electron chi connectivity index (χ4n) is 1.99. The lowest BCUT2D eigenvalue weighted by atomic mass is 10.1. The lowest BCUT2D eigenvalue weighted by Crippen LogP contribution is -2.27. The molecule has 0 bridgehead atoms. The average Bonchev–Trinajstić information content (AvgIpc) is 2.34. The first-order valence-corrected chi connectivity index (χ1v) is 6.83. The van der Waals surface area contributed by atoms with Gasteiger partial charge in [0.05, 0.1) is 0 Å². The van der Waals surface area contributed by atoms with Gasteiger partial charge in [0.25, 0.3) is 0 Å². The van der Waals surface area contributed by atoms with E-state index in [4.69, 9.17) is 5.73 Å². The number of rotatable bonds is 4. The van der Waals surface area contributed by atoms with Gasteiger partial charge in [-0.3, -0.25) is 4.79 Å². The predicted molar refractivity (Wildman–Crippen MR) is 80.8 cm³/mol. The van der Waals surface area contributed by atoms with Crippen molar-refractivity contribution in [2.45, 2.75) is 13.0 Å². The number of amides is 1. The van der Waals surface area contributed by atoms with Gasteiger partial charge in [0.2, 0.25) is 5.91 Å². The highest BCUT2D eigenvalue weighted by Crippen LogP contribution is 2.23. The van der Waals surface area contributed by atoms with Crippen molar-refractivity contribution in [3.63, 3.8) is 0 Å². The molecule has 0 aromatic heterocycles. The molecule has 104 valence electrons. The number of carbonyl (C=O) groups is 1. The van der Waals surface area contributed by atoms with Gasteiger partial charge in [-0.05, 0) is 48.4 Å².